The third kappa shape index (κ3) is 6.71. The highest BCUT2D eigenvalue weighted by Gasteiger charge is 2.55. The SMILES string of the molecule is O[C@H]1CC[C@H](CN[C@@H]2[C@@H]3CC4C[C@H]2C[C@@](CNc2nc(NCc5ccccc5OC(F)(F)F)ncc2F)(C4)C3)CC1. The van der Waals surface area contributed by atoms with Crippen molar-refractivity contribution in [1.82, 2.24) is 15.3 Å². The molecule has 4 bridgehead atoms. The predicted octanol–water partition coefficient (Wildman–Crippen LogP) is 5.87. The molecule has 1 aromatic carbocycles. The summed E-state index contributed by atoms with van der Waals surface area (Å²) in [7, 11) is 0. The van der Waals surface area contributed by atoms with E-state index in [4.69, 9.17) is 0 Å². The number of ether oxygens (including phenoxy) is 1. The normalized spacial score (nSPS) is 32.6. The van der Waals surface area contributed by atoms with Crippen molar-refractivity contribution in [2.24, 2.45) is 29.1 Å². The van der Waals surface area contributed by atoms with Crippen LogP contribution in [0.15, 0.2) is 30.5 Å². The Bertz CT molecular complexity index is 1190. The number of nitrogens with one attached hydrogen (secondary N) is 3. The highest BCUT2D eigenvalue weighted by atomic mass is 19.4. The van der Waals surface area contributed by atoms with Crippen molar-refractivity contribution in [3.63, 3.8) is 0 Å². The van der Waals surface area contributed by atoms with Crippen LogP contribution in [0.4, 0.5) is 29.3 Å². The maximum Gasteiger partial charge on any atom is 0.573 e. The number of aromatic nitrogens is 2. The highest BCUT2D eigenvalue weighted by Crippen LogP contribution is 2.60. The van der Waals surface area contributed by atoms with E-state index in [0.29, 0.717) is 36.3 Å². The van der Waals surface area contributed by atoms with Crippen LogP contribution in [0.2, 0.25) is 0 Å². The van der Waals surface area contributed by atoms with Gasteiger partial charge in [0, 0.05) is 24.7 Å². The van der Waals surface area contributed by atoms with Crippen molar-refractivity contribution < 1.29 is 27.4 Å². The fraction of sp³-hybridized carbons (Fsp3) is 0.667. The summed E-state index contributed by atoms with van der Waals surface area (Å²) in [6, 6.07) is 6.39. The molecule has 1 heterocycles. The van der Waals surface area contributed by atoms with Gasteiger partial charge >= 0.3 is 6.36 Å². The summed E-state index contributed by atoms with van der Waals surface area (Å²) in [5, 5.41) is 19.9. The zero-order chi connectivity index (χ0) is 28.6. The number of aliphatic hydroxyl groups excluding tert-OH is 1. The van der Waals surface area contributed by atoms with E-state index in [1.807, 2.05) is 0 Å². The summed E-state index contributed by atoms with van der Waals surface area (Å²) in [6.45, 7) is 1.66. The number of hydrogen-bond acceptors (Lipinski definition) is 7. The Morgan fingerprint density at radius 1 is 1.00 bits per heavy atom. The zero-order valence-corrected chi connectivity index (χ0v) is 23.1. The molecular weight excluding hydrogens is 538 g/mol. The molecule has 4 N–H and O–H groups in total. The minimum absolute atomic E-state index is 0.0118. The minimum Gasteiger partial charge on any atom is -0.405 e. The van der Waals surface area contributed by atoms with E-state index in [1.165, 1.54) is 31.0 Å². The van der Waals surface area contributed by atoms with Crippen LogP contribution in [-0.2, 0) is 6.54 Å². The summed E-state index contributed by atoms with van der Waals surface area (Å²) in [5.74, 6) is 1.99. The molecule has 7 nitrogen and oxygen atoms in total. The van der Waals surface area contributed by atoms with Crippen molar-refractivity contribution >= 4 is 11.8 Å². The van der Waals surface area contributed by atoms with E-state index in [9.17, 15) is 22.7 Å². The van der Waals surface area contributed by atoms with E-state index in [0.717, 1.165) is 57.7 Å². The average molecular weight is 578 g/mol. The van der Waals surface area contributed by atoms with E-state index >= 15 is 0 Å². The number of halogens is 4. The van der Waals surface area contributed by atoms with Crippen LogP contribution in [0, 0.1) is 34.9 Å². The van der Waals surface area contributed by atoms with Crippen LogP contribution in [0.5, 0.6) is 5.75 Å². The van der Waals surface area contributed by atoms with Crippen LogP contribution in [0.25, 0.3) is 0 Å². The molecule has 1 unspecified atom stereocenters. The van der Waals surface area contributed by atoms with Gasteiger partial charge in [-0.3, -0.25) is 0 Å². The Hall–Kier alpha value is -2.66. The summed E-state index contributed by atoms with van der Waals surface area (Å²) in [6.07, 6.45) is 6.08. The van der Waals surface area contributed by atoms with Gasteiger partial charge in [0.2, 0.25) is 5.95 Å². The van der Waals surface area contributed by atoms with Gasteiger partial charge in [-0.05, 0) is 99.5 Å². The van der Waals surface area contributed by atoms with Gasteiger partial charge in [0.15, 0.2) is 11.6 Å². The number of aliphatic hydroxyl groups is 1. The van der Waals surface area contributed by atoms with Crippen molar-refractivity contribution in [1.29, 1.82) is 0 Å². The van der Waals surface area contributed by atoms with Gasteiger partial charge in [-0.1, -0.05) is 18.2 Å². The first-order chi connectivity index (χ1) is 19.6. The fourth-order valence-electron chi connectivity index (χ4n) is 8.29. The smallest absolute Gasteiger partial charge is 0.405 e. The molecule has 11 heteroatoms. The molecule has 0 aliphatic heterocycles. The molecule has 224 valence electrons. The fourth-order valence-corrected chi connectivity index (χ4v) is 8.29. The van der Waals surface area contributed by atoms with Gasteiger partial charge in [0.1, 0.15) is 5.75 Å². The van der Waals surface area contributed by atoms with Gasteiger partial charge in [-0.15, -0.1) is 13.2 Å². The van der Waals surface area contributed by atoms with E-state index in [-0.39, 0.29) is 41.1 Å². The molecule has 5 aliphatic carbocycles. The molecule has 0 amide bonds. The Morgan fingerprint density at radius 2 is 1.73 bits per heavy atom. The van der Waals surface area contributed by atoms with E-state index in [1.54, 1.807) is 6.07 Å². The number of benzene rings is 1. The molecule has 41 heavy (non-hydrogen) atoms. The maximum atomic E-state index is 14.7. The molecule has 5 atom stereocenters. The van der Waals surface area contributed by atoms with E-state index < -0.39 is 12.2 Å². The van der Waals surface area contributed by atoms with Crippen LogP contribution in [0.3, 0.4) is 0 Å². The molecule has 0 saturated heterocycles. The number of para-hydroxylation sites is 1. The Kier molecular flexibility index (Phi) is 8.02. The Morgan fingerprint density at radius 3 is 2.46 bits per heavy atom. The molecule has 0 radical (unpaired) electrons. The molecule has 0 spiro atoms. The maximum absolute atomic E-state index is 14.7. The van der Waals surface area contributed by atoms with Gasteiger partial charge < -0.3 is 25.8 Å². The number of anilines is 2. The third-order valence-electron chi connectivity index (χ3n) is 9.87. The number of alkyl halides is 3. The first-order valence-electron chi connectivity index (χ1n) is 14.9. The van der Waals surface area contributed by atoms with Crippen LogP contribution in [-0.4, -0.2) is 46.7 Å². The van der Waals surface area contributed by atoms with Gasteiger partial charge in [0.05, 0.1) is 12.3 Å². The lowest BCUT2D eigenvalue weighted by Gasteiger charge is -2.60. The molecule has 5 aliphatic rings. The largest absolute Gasteiger partial charge is 0.573 e. The second-order valence-electron chi connectivity index (χ2n) is 12.8. The van der Waals surface area contributed by atoms with Crippen LogP contribution in [0.1, 0.15) is 63.4 Å². The summed E-state index contributed by atoms with van der Waals surface area (Å²) in [5.41, 5.74) is 0.396. The molecule has 5 fully saturated rings. The second kappa shape index (κ2) is 11.6. The first kappa shape index (κ1) is 28.5. The van der Waals surface area contributed by atoms with Gasteiger partial charge in [-0.2, -0.15) is 4.98 Å². The topological polar surface area (TPSA) is 91.3 Å². The average Bonchev–Trinajstić information content (AvgIpc) is 2.92. The summed E-state index contributed by atoms with van der Waals surface area (Å²) < 4.78 is 57.1. The molecule has 7 rings (SSSR count). The van der Waals surface area contributed by atoms with Gasteiger partial charge in [0.25, 0.3) is 0 Å². The summed E-state index contributed by atoms with van der Waals surface area (Å²) in [4.78, 5) is 8.29. The first-order valence-corrected chi connectivity index (χ1v) is 14.9. The Balaban J connectivity index is 1.05. The number of rotatable bonds is 10. The third-order valence-corrected chi connectivity index (χ3v) is 9.87. The molecule has 2 aromatic rings. The van der Waals surface area contributed by atoms with Crippen LogP contribution < -0.4 is 20.7 Å². The molecule has 5 saturated carbocycles. The predicted molar refractivity (Wildman–Crippen MR) is 147 cm³/mol. The Labute approximate surface area is 237 Å². The number of hydrogen-bond donors (Lipinski definition) is 4. The van der Waals surface area contributed by atoms with Crippen molar-refractivity contribution in [3.05, 3.63) is 41.8 Å². The second-order valence-corrected chi connectivity index (χ2v) is 12.8. The van der Waals surface area contributed by atoms with E-state index in [2.05, 4.69) is 30.7 Å². The highest BCUT2D eigenvalue weighted by molar-refractivity contribution is 5.43. The minimum atomic E-state index is -4.80. The lowest BCUT2D eigenvalue weighted by molar-refractivity contribution is -0.274. The molecule has 1 aromatic heterocycles. The van der Waals surface area contributed by atoms with Gasteiger partial charge in [-0.25, -0.2) is 9.37 Å². The molecular formula is C30H39F4N5O2. The van der Waals surface area contributed by atoms with Crippen LogP contribution >= 0.6 is 0 Å². The van der Waals surface area contributed by atoms with Crippen molar-refractivity contribution in [2.75, 3.05) is 23.7 Å². The lowest BCUT2D eigenvalue weighted by atomic mass is 9.48. The lowest BCUT2D eigenvalue weighted by Crippen LogP contribution is -2.60. The quantitative estimate of drug-likeness (QED) is 0.263. The monoisotopic (exact) mass is 577 g/mol. The summed E-state index contributed by atoms with van der Waals surface area (Å²) >= 11 is 0. The number of nitrogens with zero attached hydrogens (tertiary/aromatic N) is 2. The zero-order valence-electron chi connectivity index (χ0n) is 23.1. The van der Waals surface area contributed by atoms with Crippen molar-refractivity contribution in [3.8, 4) is 5.75 Å². The van der Waals surface area contributed by atoms with Crippen molar-refractivity contribution in [2.45, 2.75) is 82.8 Å². The standard InChI is InChI=1S/C30H39F4N5O2/c31-24-16-37-28(36-15-20-3-1-2-4-25(20)41-30(32,33)34)39-27(24)38-17-29-11-19-9-21(12-29)26(22(10-19)13-29)35-14-18-5-7-23(40)8-6-18/h1-4,16,18-19,21-23,26,35,40H,5-15,17H2,(H2,36,37,38,39)/t18-,19?,21-,22+,23-,26-,29-.